The number of ether oxygens (including phenoxy) is 1. The number of imidazole rings is 1. The minimum absolute atomic E-state index is 0. The number of benzene rings is 1. The number of hydrogen-bond donors (Lipinski definition) is 3. The van der Waals surface area contributed by atoms with Crippen molar-refractivity contribution in [1.29, 1.82) is 0 Å². The van der Waals surface area contributed by atoms with Gasteiger partial charge in [-0.3, -0.25) is 4.79 Å². The van der Waals surface area contributed by atoms with Crippen LogP contribution in [0.2, 0.25) is 0 Å². The van der Waals surface area contributed by atoms with Gasteiger partial charge in [-0.05, 0) is 25.0 Å². The third-order valence-corrected chi connectivity index (χ3v) is 3.92. The SMILES string of the molecule is Cl.Cl.NC1(C(=O)NCCc2nc3ccccc3[nH]2)CCOCC1. The minimum Gasteiger partial charge on any atom is -0.381 e. The number of halogens is 2. The molecule has 0 unspecified atom stereocenters. The van der Waals surface area contributed by atoms with E-state index in [-0.39, 0.29) is 30.7 Å². The smallest absolute Gasteiger partial charge is 0.240 e. The molecule has 23 heavy (non-hydrogen) atoms. The van der Waals surface area contributed by atoms with E-state index in [0.717, 1.165) is 16.9 Å². The second-order valence-electron chi connectivity index (χ2n) is 5.48. The Balaban J connectivity index is 0.00000132. The zero-order valence-electron chi connectivity index (χ0n) is 12.7. The van der Waals surface area contributed by atoms with Crippen LogP contribution in [0, 0.1) is 0 Å². The van der Waals surface area contributed by atoms with Gasteiger partial charge in [-0.15, -0.1) is 24.8 Å². The average molecular weight is 361 g/mol. The number of carbonyl (C=O) groups excluding carboxylic acids is 1. The van der Waals surface area contributed by atoms with Crippen molar-refractivity contribution < 1.29 is 9.53 Å². The molecule has 1 amide bonds. The van der Waals surface area contributed by atoms with Crippen LogP contribution in [-0.2, 0) is 16.0 Å². The Morgan fingerprint density at radius 1 is 1.30 bits per heavy atom. The number of hydrogen-bond acceptors (Lipinski definition) is 4. The molecule has 4 N–H and O–H groups in total. The summed E-state index contributed by atoms with van der Waals surface area (Å²) >= 11 is 0. The highest BCUT2D eigenvalue weighted by Crippen LogP contribution is 2.17. The first-order chi connectivity index (χ1) is 10.2. The fourth-order valence-electron chi connectivity index (χ4n) is 2.56. The minimum atomic E-state index is -0.786. The summed E-state index contributed by atoms with van der Waals surface area (Å²) in [4.78, 5) is 19.9. The standard InChI is InChI=1S/C15H20N4O2.2ClH/c16-15(6-9-21-10-7-15)14(20)17-8-5-13-18-11-3-1-2-4-12(11)19-13;;/h1-4H,5-10,16H2,(H,17,20)(H,18,19);2*1H. The predicted octanol–water partition coefficient (Wildman–Crippen LogP) is 1.57. The topological polar surface area (TPSA) is 93.0 Å². The van der Waals surface area contributed by atoms with Crippen molar-refractivity contribution in [2.45, 2.75) is 24.8 Å². The van der Waals surface area contributed by atoms with E-state index in [1.165, 1.54) is 0 Å². The third-order valence-electron chi connectivity index (χ3n) is 3.92. The van der Waals surface area contributed by atoms with Gasteiger partial charge in [0.05, 0.1) is 16.6 Å². The van der Waals surface area contributed by atoms with Crippen molar-refractivity contribution in [1.82, 2.24) is 15.3 Å². The van der Waals surface area contributed by atoms with Gasteiger partial charge < -0.3 is 20.8 Å². The van der Waals surface area contributed by atoms with Crippen molar-refractivity contribution in [3.63, 3.8) is 0 Å². The molecule has 2 heterocycles. The maximum atomic E-state index is 12.2. The molecule has 6 nitrogen and oxygen atoms in total. The van der Waals surface area contributed by atoms with Crippen LogP contribution in [0.15, 0.2) is 24.3 Å². The fourth-order valence-corrected chi connectivity index (χ4v) is 2.56. The maximum absolute atomic E-state index is 12.2. The third kappa shape index (κ3) is 4.57. The Morgan fingerprint density at radius 3 is 2.70 bits per heavy atom. The van der Waals surface area contributed by atoms with E-state index in [1.807, 2.05) is 24.3 Å². The summed E-state index contributed by atoms with van der Waals surface area (Å²) in [5.74, 6) is 0.775. The van der Waals surface area contributed by atoms with Gasteiger partial charge in [-0.1, -0.05) is 12.1 Å². The number of aromatic nitrogens is 2. The van der Waals surface area contributed by atoms with Crippen LogP contribution in [0.25, 0.3) is 11.0 Å². The molecule has 1 aliphatic rings. The molecule has 0 saturated carbocycles. The number of carbonyl (C=O) groups is 1. The molecule has 1 aliphatic heterocycles. The second kappa shape index (κ2) is 8.49. The van der Waals surface area contributed by atoms with Crippen LogP contribution >= 0.6 is 24.8 Å². The summed E-state index contributed by atoms with van der Waals surface area (Å²) in [5, 5.41) is 2.91. The van der Waals surface area contributed by atoms with Crippen LogP contribution in [0.5, 0.6) is 0 Å². The lowest BCUT2D eigenvalue weighted by molar-refractivity contribution is -0.129. The van der Waals surface area contributed by atoms with Crippen LogP contribution in [0.3, 0.4) is 0 Å². The second-order valence-corrected chi connectivity index (χ2v) is 5.48. The summed E-state index contributed by atoms with van der Waals surface area (Å²) in [6.45, 7) is 1.62. The maximum Gasteiger partial charge on any atom is 0.240 e. The van der Waals surface area contributed by atoms with Crippen LogP contribution in [0.4, 0.5) is 0 Å². The summed E-state index contributed by atoms with van der Waals surface area (Å²) in [6, 6.07) is 7.87. The summed E-state index contributed by atoms with van der Waals surface area (Å²) in [7, 11) is 0. The van der Waals surface area contributed by atoms with Gasteiger partial charge in [-0.2, -0.15) is 0 Å². The average Bonchev–Trinajstić information content (AvgIpc) is 2.90. The number of para-hydroxylation sites is 2. The van der Waals surface area contributed by atoms with Gasteiger partial charge in [0.15, 0.2) is 0 Å². The molecule has 0 bridgehead atoms. The number of nitrogens with one attached hydrogen (secondary N) is 2. The molecule has 128 valence electrons. The monoisotopic (exact) mass is 360 g/mol. The van der Waals surface area contributed by atoms with Gasteiger partial charge in [0, 0.05) is 26.2 Å². The number of aromatic amines is 1. The van der Waals surface area contributed by atoms with E-state index in [9.17, 15) is 4.79 Å². The largest absolute Gasteiger partial charge is 0.381 e. The lowest BCUT2D eigenvalue weighted by Gasteiger charge is -2.31. The lowest BCUT2D eigenvalue weighted by Crippen LogP contribution is -2.57. The van der Waals surface area contributed by atoms with Gasteiger partial charge in [0.1, 0.15) is 5.82 Å². The van der Waals surface area contributed by atoms with Crippen molar-refractivity contribution >= 4 is 41.8 Å². The Kier molecular flexibility index (Phi) is 7.28. The Bertz CT molecular complexity index is 608. The number of fused-ring (bicyclic) bond motifs is 1. The number of amides is 1. The van der Waals surface area contributed by atoms with E-state index >= 15 is 0 Å². The highest BCUT2D eigenvalue weighted by Gasteiger charge is 2.35. The summed E-state index contributed by atoms with van der Waals surface area (Å²) in [5.41, 5.74) is 7.30. The number of nitrogens with two attached hydrogens (primary N) is 1. The molecule has 3 rings (SSSR count). The predicted molar refractivity (Wildman–Crippen MR) is 94.3 cm³/mol. The molecule has 1 aromatic heterocycles. The number of H-pyrrole nitrogens is 1. The molecule has 1 saturated heterocycles. The van der Waals surface area contributed by atoms with E-state index in [2.05, 4.69) is 15.3 Å². The molecule has 1 fully saturated rings. The van der Waals surface area contributed by atoms with E-state index < -0.39 is 5.54 Å². The summed E-state index contributed by atoms with van der Waals surface area (Å²) in [6.07, 6.45) is 1.81. The van der Waals surface area contributed by atoms with E-state index in [1.54, 1.807) is 0 Å². The molecule has 0 radical (unpaired) electrons. The molecule has 0 aliphatic carbocycles. The quantitative estimate of drug-likeness (QED) is 0.771. The van der Waals surface area contributed by atoms with Gasteiger partial charge in [0.2, 0.25) is 5.91 Å². The Labute approximate surface area is 147 Å². The number of nitrogens with zero attached hydrogens (tertiary/aromatic N) is 1. The van der Waals surface area contributed by atoms with Crippen molar-refractivity contribution in [2.75, 3.05) is 19.8 Å². The molecule has 0 atom stereocenters. The van der Waals surface area contributed by atoms with Gasteiger partial charge in [0.25, 0.3) is 0 Å². The lowest BCUT2D eigenvalue weighted by atomic mass is 9.90. The van der Waals surface area contributed by atoms with Crippen LogP contribution < -0.4 is 11.1 Å². The molecule has 8 heteroatoms. The van der Waals surface area contributed by atoms with Crippen LogP contribution in [-0.4, -0.2) is 41.2 Å². The highest BCUT2D eigenvalue weighted by molar-refractivity contribution is 5.86. The molecule has 1 aromatic carbocycles. The molecular weight excluding hydrogens is 339 g/mol. The molecule has 2 aromatic rings. The first kappa shape index (κ1) is 19.7. The first-order valence-corrected chi connectivity index (χ1v) is 7.26. The van der Waals surface area contributed by atoms with E-state index in [4.69, 9.17) is 10.5 Å². The molecular formula is C15H22Cl2N4O2. The van der Waals surface area contributed by atoms with Gasteiger partial charge in [-0.25, -0.2) is 4.98 Å². The highest BCUT2D eigenvalue weighted by atomic mass is 35.5. The number of rotatable bonds is 4. The van der Waals surface area contributed by atoms with Crippen molar-refractivity contribution in [3.8, 4) is 0 Å². The van der Waals surface area contributed by atoms with Crippen molar-refractivity contribution in [3.05, 3.63) is 30.1 Å². The summed E-state index contributed by atoms with van der Waals surface area (Å²) < 4.78 is 5.25. The normalized spacial score (nSPS) is 16.2. The van der Waals surface area contributed by atoms with Crippen LogP contribution in [0.1, 0.15) is 18.7 Å². The van der Waals surface area contributed by atoms with E-state index in [0.29, 0.717) is 39.0 Å². The Morgan fingerprint density at radius 2 is 2.00 bits per heavy atom. The fraction of sp³-hybridized carbons (Fsp3) is 0.467. The molecule has 0 spiro atoms. The van der Waals surface area contributed by atoms with Gasteiger partial charge >= 0.3 is 0 Å². The zero-order chi connectivity index (χ0) is 14.7. The first-order valence-electron chi connectivity index (χ1n) is 7.26. The zero-order valence-corrected chi connectivity index (χ0v) is 14.3. The van der Waals surface area contributed by atoms with Crippen molar-refractivity contribution in [2.24, 2.45) is 5.73 Å². The Hall–Kier alpha value is -1.34.